The molecular weight excluding hydrogens is 274 g/mol. The van der Waals surface area contributed by atoms with Crippen molar-refractivity contribution in [2.75, 3.05) is 10.6 Å². The van der Waals surface area contributed by atoms with E-state index in [-0.39, 0.29) is 0 Å². The molecule has 5 nitrogen and oxygen atoms in total. The van der Waals surface area contributed by atoms with E-state index in [4.69, 9.17) is 0 Å². The van der Waals surface area contributed by atoms with Gasteiger partial charge in [0.05, 0.1) is 6.20 Å². The Hall–Kier alpha value is -2.95. The molecular formula is C17H17N5. The number of anilines is 3. The zero-order valence-electron chi connectivity index (χ0n) is 12.3. The lowest BCUT2D eigenvalue weighted by atomic mass is 10.2. The third-order valence-electron chi connectivity index (χ3n) is 3.26. The van der Waals surface area contributed by atoms with Gasteiger partial charge in [-0.2, -0.15) is 10.1 Å². The van der Waals surface area contributed by atoms with Gasteiger partial charge in [0, 0.05) is 12.2 Å². The highest BCUT2D eigenvalue weighted by molar-refractivity contribution is 5.59. The Morgan fingerprint density at radius 1 is 0.955 bits per heavy atom. The zero-order valence-corrected chi connectivity index (χ0v) is 12.3. The highest BCUT2D eigenvalue weighted by Gasteiger charge is 2.02. The number of rotatable bonds is 5. The van der Waals surface area contributed by atoms with Crippen molar-refractivity contribution < 1.29 is 0 Å². The number of nitrogens with zero attached hydrogens (tertiary/aromatic N) is 3. The smallest absolute Gasteiger partial charge is 0.244 e. The van der Waals surface area contributed by atoms with E-state index in [0.29, 0.717) is 18.3 Å². The van der Waals surface area contributed by atoms with E-state index in [2.05, 4.69) is 37.9 Å². The van der Waals surface area contributed by atoms with Crippen LogP contribution in [0.4, 0.5) is 17.5 Å². The average Bonchev–Trinajstić information content (AvgIpc) is 2.57. The van der Waals surface area contributed by atoms with E-state index in [9.17, 15) is 0 Å². The molecule has 2 N–H and O–H groups in total. The van der Waals surface area contributed by atoms with E-state index in [0.717, 1.165) is 11.3 Å². The van der Waals surface area contributed by atoms with Crippen LogP contribution in [0.1, 0.15) is 11.1 Å². The summed E-state index contributed by atoms with van der Waals surface area (Å²) in [6.07, 6.45) is 1.61. The third-order valence-corrected chi connectivity index (χ3v) is 3.26. The molecule has 1 aromatic heterocycles. The highest BCUT2D eigenvalue weighted by atomic mass is 15.3. The first-order valence-electron chi connectivity index (χ1n) is 7.11. The minimum Gasteiger partial charge on any atom is -0.349 e. The summed E-state index contributed by atoms with van der Waals surface area (Å²) in [7, 11) is 0. The number of aryl methyl sites for hydroxylation is 1. The summed E-state index contributed by atoms with van der Waals surface area (Å²) in [6.45, 7) is 2.71. The van der Waals surface area contributed by atoms with Crippen molar-refractivity contribution in [2.45, 2.75) is 13.5 Å². The van der Waals surface area contributed by atoms with Crippen molar-refractivity contribution in [3.63, 3.8) is 0 Å². The number of hydrogen-bond acceptors (Lipinski definition) is 5. The average molecular weight is 291 g/mol. The van der Waals surface area contributed by atoms with Gasteiger partial charge < -0.3 is 10.6 Å². The maximum Gasteiger partial charge on any atom is 0.244 e. The Kier molecular flexibility index (Phi) is 4.25. The molecule has 0 spiro atoms. The summed E-state index contributed by atoms with van der Waals surface area (Å²) in [5.41, 5.74) is 3.33. The van der Waals surface area contributed by atoms with Gasteiger partial charge in [-0.15, -0.1) is 5.10 Å². The van der Waals surface area contributed by atoms with Crippen molar-refractivity contribution in [3.8, 4) is 0 Å². The monoisotopic (exact) mass is 291 g/mol. The summed E-state index contributed by atoms with van der Waals surface area (Å²) in [5, 5.41) is 14.4. The molecule has 5 heteroatoms. The molecule has 0 saturated heterocycles. The summed E-state index contributed by atoms with van der Waals surface area (Å²) in [6, 6.07) is 18.2. The molecule has 0 aliphatic carbocycles. The Balaban J connectivity index is 1.69. The van der Waals surface area contributed by atoms with Crippen LogP contribution < -0.4 is 10.6 Å². The maximum atomic E-state index is 4.43. The second kappa shape index (κ2) is 6.67. The molecule has 22 heavy (non-hydrogen) atoms. The topological polar surface area (TPSA) is 62.7 Å². The predicted octanol–water partition coefficient (Wildman–Crippen LogP) is 3.54. The van der Waals surface area contributed by atoms with Gasteiger partial charge in [0.15, 0.2) is 5.82 Å². The molecule has 0 aliphatic rings. The van der Waals surface area contributed by atoms with Crippen molar-refractivity contribution in [2.24, 2.45) is 0 Å². The van der Waals surface area contributed by atoms with Crippen molar-refractivity contribution in [3.05, 3.63) is 71.9 Å². The molecule has 0 amide bonds. The number of benzene rings is 2. The van der Waals surface area contributed by atoms with Gasteiger partial charge >= 0.3 is 0 Å². The number of para-hydroxylation sites is 1. The lowest BCUT2D eigenvalue weighted by Gasteiger charge is -2.09. The van der Waals surface area contributed by atoms with Crippen molar-refractivity contribution in [1.82, 2.24) is 15.2 Å². The largest absolute Gasteiger partial charge is 0.349 e. The Morgan fingerprint density at radius 2 is 1.73 bits per heavy atom. The SMILES string of the molecule is Cc1ccccc1Nc1cnnc(NCc2ccccc2)n1. The molecule has 0 fully saturated rings. The van der Waals surface area contributed by atoms with Crippen LogP contribution in [0.15, 0.2) is 60.8 Å². The van der Waals surface area contributed by atoms with E-state index in [1.807, 2.05) is 49.4 Å². The first-order valence-corrected chi connectivity index (χ1v) is 7.11. The zero-order chi connectivity index (χ0) is 15.2. The number of nitrogens with one attached hydrogen (secondary N) is 2. The standard InChI is InChI=1S/C17H17N5/c1-13-7-5-6-10-15(13)20-16-12-19-22-17(21-16)18-11-14-8-3-2-4-9-14/h2-10,12H,11H2,1H3,(H2,18,20,21,22). The molecule has 0 aliphatic heterocycles. The van der Waals surface area contributed by atoms with Gasteiger partial charge in [0.2, 0.25) is 5.95 Å². The van der Waals surface area contributed by atoms with Crippen LogP contribution in [0.5, 0.6) is 0 Å². The molecule has 110 valence electrons. The summed E-state index contributed by atoms with van der Waals surface area (Å²) in [4.78, 5) is 4.43. The summed E-state index contributed by atoms with van der Waals surface area (Å²) < 4.78 is 0. The Bertz CT molecular complexity index is 743. The normalized spacial score (nSPS) is 10.2. The van der Waals surface area contributed by atoms with E-state index < -0.39 is 0 Å². The molecule has 3 aromatic rings. The summed E-state index contributed by atoms with van der Waals surface area (Å²) in [5.74, 6) is 1.17. The van der Waals surface area contributed by atoms with Crippen LogP contribution in [0.3, 0.4) is 0 Å². The quantitative estimate of drug-likeness (QED) is 0.753. The molecule has 0 unspecified atom stereocenters. The molecule has 0 saturated carbocycles. The lowest BCUT2D eigenvalue weighted by Crippen LogP contribution is -2.06. The molecule has 0 radical (unpaired) electrons. The fraction of sp³-hybridized carbons (Fsp3) is 0.118. The van der Waals surface area contributed by atoms with Gasteiger partial charge in [-0.1, -0.05) is 48.5 Å². The van der Waals surface area contributed by atoms with Crippen LogP contribution in [0, 0.1) is 6.92 Å². The maximum absolute atomic E-state index is 4.43. The molecule has 1 heterocycles. The predicted molar refractivity (Wildman–Crippen MR) is 88.1 cm³/mol. The van der Waals surface area contributed by atoms with Crippen LogP contribution in [0.2, 0.25) is 0 Å². The van der Waals surface area contributed by atoms with E-state index in [1.54, 1.807) is 6.20 Å². The second-order valence-corrected chi connectivity index (χ2v) is 4.94. The molecule has 0 atom stereocenters. The van der Waals surface area contributed by atoms with Gasteiger partial charge in [-0.05, 0) is 24.1 Å². The van der Waals surface area contributed by atoms with Crippen LogP contribution >= 0.6 is 0 Å². The summed E-state index contributed by atoms with van der Waals surface area (Å²) >= 11 is 0. The molecule has 2 aromatic carbocycles. The molecule has 0 bridgehead atoms. The van der Waals surface area contributed by atoms with Gasteiger partial charge in [-0.25, -0.2) is 0 Å². The van der Waals surface area contributed by atoms with Gasteiger partial charge in [0.25, 0.3) is 0 Å². The first-order chi connectivity index (χ1) is 10.8. The van der Waals surface area contributed by atoms with Crippen LogP contribution in [0.25, 0.3) is 0 Å². The van der Waals surface area contributed by atoms with Crippen LogP contribution in [-0.4, -0.2) is 15.2 Å². The third kappa shape index (κ3) is 3.58. The van der Waals surface area contributed by atoms with Crippen molar-refractivity contribution in [1.29, 1.82) is 0 Å². The fourth-order valence-corrected chi connectivity index (χ4v) is 2.07. The minimum absolute atomic E-state index is 0.502. The first kappa shape index (κ1) is 14.0. The number of hydrogen-bond donors (Lipinski definition) is 2. The Labute approximate surface area is 129 Å². The highest BCUT2D eigenvalue weighted by Crippen LogP contribution is 2.18. The van der Waals surface area contributed by atoms with Gasteiger partial charge in [-0.3, -0.25) is 0 Å². The number of aromatic nitrogens is 3. The minimum atomic E-state index is 0.502. The fourth-order valence-electron chi connectivity index (χ4n) is 2.07. The lowest BCUT2D eigenvalue weighted by molar-refractivity contribution is 0.948. The van der Waals surface area contributed by atoms with Crippen LogP contribution in [-0.2, 0) is 6.54 Å². The Morgan fingerprint density at radius 3 is 2.55 bits per heavy atom. The molecule has 3 rings (SSSR count). The van der Waals surface area contributed by atoms with E-state index >= 15 is 0 Å². The van der Waals surface area contributed by atoms with Crippen molar-refractivity contribution >= 4 is 17.5 Å². The van der Waals surface area contributed by atoms with Gasteiger partial charge in [0.1, 0.15) is 0 Å². The van der Waals surface area contributed by atoms with E-state index in [1.165, 1.54) is 5.56 Å². The second-order valence-electron chi connectivity index (χ2n) is 4.94.